The van der Waals surface area contributed by atoms with Crippen molar-refractivity contribution in [1.82, 2.24) is 5.32 Å². The first-order valence-corrected chi connectivity index (χ1v) is 7.16. The molecular formula is C11H13Cl2NO2S. The largest absolute Gasteiger partial charge is 0.356 e. The highest BCUT2D eigenvalue weighted by Crippen LogP contribution is 2.24. The molecule has 94 valence electrons. The van der Waals surface area contributed by atoms with Crippen molar-refractivity contribution in [3.8, 4) is 0 Å². The van der Waals surface area contributed by atoms with Crippen molar-refractivity contribution >= 4 is 39.9 Å². The molecule has 0 radical (unpaired) electrons. The first-order valence-electron chi connectivity index (χ1n) is 5.08. The van der Waals surface area contributed by atoms with Crippen molar-refractivity contribution in [3.63, 3.8) is 0 Å². The molecule has 0 saturated heterocycles. The summed E-state index contributed by atoms with van der Waals surface area (Å²) in [5.41, 5.74) is 0. The summed E-state index contributed by atoms with van der Waals surface area (Å²) < 4.78 is 11.8. The summed E-state index contributed by atoms with van der Waals surface area (Å²) in [6.45, 7) is 1.98. The van der Waals surface area contributed by atoms with Gasteiger partial charge in [0.05, 0.1) is 20.8 Å². The van der Waals surface area contributed by atoms with E-state index in [4.69, 9.17) is 23.2 Å². The Kier molecular flexibility index (Phi) is 5.95. The van der Waals surface area contributed by atoms with Crippen molar-refractivity contribution in [3.05, 3.63) is 28.2 Å². The molecule has 17 heavy (non-hydrogen) atoms. The highest BCUT2D eigenvalue weighted by atomic mass is 35.5. The van der Waals surface area contributed by atoms with Gasteiger partial charge in [-0.25, -0.2) is 0 Å². The Morgan fingerprint density at radius 3 is 2.65 bits per heavy atom. The molecule has 1 aromatic carbocycles. The van der Waals surface area contributed by atoms with E-state index < -0.39 is 10.8 Å². The molecule has 0 saturated carbocycles. The summed E-state index contributed by atoms with van der Waals surface area (Å²) in [5, 5.41) is 3.50. The Balaban J connectivity index is 2.47. The van der Waals surface area contributed by atoms with Gasteiger partial charge in [0.2, 0.25) is 5.91 Å². The third-order valence-corrected chi connectivity index (χ3v) is 4.21. The van der Waals surface area contributed by atoms with Crippen LogP contribution in [0.4, 0.5) is 0 Å². The lowest BCUT2D eigenvalue weighted by atomic mass is 10.4. The summed E-state index contributed by atoms with van der Waals surface area (Å²) in [6.07, 6.45) is 0.659. The van der Waals surface area contributed by atoms with Gasteiger partial charge in [0.25, 0.3) is 0 Å². The lowest BCUT2D eigenvalue weighted by Gasteiger charge is -2.04. The van der Waals surface area contributed by atoms with Crippen LogP contribution in [0.25, 0.3) is 0 Å². The summed E-state index contributed by atoms with van der Waals surface area (Å²) in [4.78, 5) is 11.3. The van der Waals surface area contributed by atoms with E-state index in [0.29, 0.717) is 33.7 Å². The van der Waals surface area contributed by atoms with Gasteiger partial charge in [-0.1, -0.05) is 23.2 Å². The van der Waals surface area contributed by atoms with Gasteiger partial charge in [-0.15, -0.1) is 0 Å². The predicted octanol–water partition coefficient (Wildman–Crippen LogP) is 2.63. The van der Waals surface area contributed by atoms with Crippen LogP contribution in [0.2, 0.25) is 10.0 Å². The highest BCUT2D eigenvalue weighted by molar-refractivity contribution is 7.85. The van der Waals surface area contributed by atoms with Crippen molar-refractivity contribution in [2.24, 2.45) is 0 Å². The molecule has 0 aliphatic heterocycles. The summed E-state index contributed by atoms with van der Waals surface area (Å²) in [7, 11) is -1.11. The molecule has 1 rings (SSSR count). The molecule has 0 spiro atoms. The fraction of sp³-hybridized carbons (Fsp3) is 0.364. The average Bonchev–Trinajstić information content (AvgIpc) is 2.27. The van der Waals surface area contributed by atoms with E-state index in [2.05, 4.69) is 5.32 Å². The molecule has 1 aromatic rings. The Morgan fingerprint density at radius 2 is 2.06 bits per heavy atom. The van der Waals surface area contributed by atoms with Gasteiger partial charge in [0.15, 0.2) is 0 Å². The van der Waals surface area contributed by atoms with E-state index in [1.54, 1.807) is 18.2 Å². The van der Waals surface area contributed by atoms with E-state index in [1.165, 1.54) is 6.92 Å². The summed E-state index contributed by atoms with van der Waals surface area (Å²) in [5.74, 6) is 0.406. The van der Waals surface area contributed by atoms with Crippen LogP contribution in [0, 0.1) is 0 Å². The first kappa shape index (κ1) is 14.5. The average molecular weight is 294 g/mol. The van der Waals surface area contributed by atoms with E-state index in [9.17, 15) is 9.00 Å². The molecule has 0 unspecified atom stereocenters. The third-order valence-electron chi connectivity index (χ3n) is 2.03. The third kappa shape index (κ3) is 5.06. The van der Waals surface area contributed by atoms with Gasteiger partial charge < -0.3 is 5.32 Å². The predicted molar refractivity (Wildman–Crippen MR) is 71.0 cm³/mol. The van der Waals surface area contributed by atoms with E-state index in [0.717, 1.165) is 0 Å². The number of hydrogen-bond acceptors (Lipinski definition) is 2. The Hall–Kier alpha value is -0.580. The Labute approximate surface area is 113 Å². The minimum absolute atomic E-state index is 0.0784. The molecule has 1 atom stereocenters. The topological polar surface area (TPSA) is 46.2 Å². The maximum atomic E-state index is 11.8. The van der Waals surface area contributed by atoms with Crippen LogP contribution in [-0.2, 0) is 15.6 Å². The van der Waals surface area contributed by atoms with Crippen molar-refractivity contribution < 1.29 is 9.00 Å². The first-order chi connectivity index (χ1) is 8.00. The maximum Gasteiger partial charge on any atom is 0.216 e. The Bertz CT molecular complexity index is 437. The number of carbonyl (C=O) groups is 1. The lowest BCUT2D eigenvalue weighted by molar-refractivity contribution is -0.118. The zero-order chi connectivity index (χ0) is 12.8. The fourth-order valence-electron chi connectivity index (χ4n) is 1.20. The second-order valence-electron chi connectivity index (χ2n) is 3.46. The molecule has 0 fully saturated rings. The number of carbonyl (C=O) groups excluding carboxylic acids is 1. The zero-order valence-corrected chi connectivity index (χ0v) is 11.7. The Morgan fingerprint density at radius 1 is 1.35 bits per heavy atom. The van der Waals surface area contributed by atoms with Crippen LogP contribution in [0.15, 0.2) is 23.1 Å². The summed E-state index contributed by atoms with van der Waals surface area (Å²) >= 11 is 11.6. The van der Waals surface area contributed by atoms with Gasteiger partial charge in [-0.3, -0.25) is 9.00 Å². The smallest absolute Gasteiger partial charge is 0.216 e. The van der Waals surface area contributed by atoms with Crippen LogP contribution < -0.4 is 5.32 Å². The van der Waals surface area contributed by atoms with Crippen molar-refractivity contribution in [1.29, 1.82) is 0 Å². The molecule has 3 nitrogen and oxygen atoms in total. The number of rotatable bonds is 5. The van der Waals surface area contributed by atoms with E-state index >= 15 is 0 Å². The minimum Gasteiger partial charge on any atom is -0.356 e. The van der Waals surface area contributed by atoms with Crippen LogP contribution in [0.5, 0.6) is 0 Å². The van der Waals surface area contributed by atoms with E-state index in [1.807, 2.05) is 0 Å². The van der Waals surface area contributed by atoms with Crippen LogP contribution >= 0.6 is 23.2 Å². The van der Waals surface area contributed by atoms with Gasteiger partial charge >= 0.3 is 0 Å². The number of hydrogen-bond donors (Lipinski definition) is 1. The molecule has 0 bridgehead atoms. The number of halogens is 2. The standard InChI is InChI=1S/C11H13Cl2NO2S/c1-8(15)14-5-2-6-17(16)9-3-4-10(12)11(13)7-9/h3-4,7H,2,5-6H2,1H3,(H,14,15)/t17-/m1/s1. The monoisotopic (exact) mass is 293 g/mol. The zero-order valence-electron chi connectivity index (χ0n) is 9.33. The second-order valence-corrected chi connectivity index (χ2v) is 5.85. The molecule has 0 aromatic heterocycles. The van der Waals surface area contributed by atoms with Crippen molar-refractivity contribution in [2.75, 3.05) is 12.3 Å². The van der Waals surface area contributed by atoms with Gasteiger partial charge in [0.1, 0.15) is 0 Å². The number of nitrogens with one attached hydrogen (secondary N) is 1. The van der Waals surface area contributed by atoms with Gasteiger partial charge in [0, 0.05) is 24.1 Å². The molecule has 0 aliphatic rings. The number of amides is 1. The minimum atomic E-state index is -1.11. The van der Waals surface area contributed by atoms with Crippen LogP contribution in [0.3, 0.4) is 0 Å². The molecule has 1 amide bonds. The molecule has 6 heteroatoms. The highest BCUT2D eigenvalue weighted by Gasteiger charge is 2.06. The van der Waals surface area contributed by atoms with E-state index in [-0.39, 0.29) is 5.91 Å². The van der Waals surface area contributed by atoms with Gasteiger partial charge in [-0.05, 0) is 24.6 Å². The quantitative estimate of drug-likeness (QED) is 0.849. The molecule has 1 N–H and O–H groups in total. The summed E-state index contributed by atoms with van der Waals surface area (Å²) in [6, 6.07) is 4.94. The van der Waals surface area contributed by atoms with Crippen molar-refractivity contribution in [2.45, 2.75) is 18.2 Å². The maximum absolute atomic E-state index is 11.8. The van der Waals surface area contributed by atoms with Crippen LogP contribution in [-0.4, -0.2) is 22.4 Å². The van der Waals surface area contributed by atoms with Crippen LogP contribution in [0.1, 0.15) is 13.3 Å². The molecule has 0 aliphatic carbocycles. The van der Waals surface area contributed by atoms with Gasteiger partial charge in [-0.2, -0.15) is 0 Å². The molecule has 0 heterocycles. The second kappa shape index (κ2) is 6.99. The fourth-order valence-corrected chi connectivity index (χ4v) is 2.68. The SMILES string of the molecule is CC(=O)NCCC[S@@](=O)c1ccc(Cl)c(Cl)c1. The molecular weight excluding hydrogens is 281 g/mol. The number of benzene rings is 1. The normalized spacial score (nSPS) is 12.2. The lowest BCUT2D eigenvalue weighted by Crippen LogP contribution is -2.22.